The molecule has 18 heavy (non-hydrogen) atoms. The number of tetrazole rings is 1. The van der Waals surface area contributed by atoms with Crippen molar-refractivity contribution in [3.05, 3.63) is 28.7 Å². The van der Waals surface area contributed by atoms with Crippen LogP contribution in [0.2, 0.25) is 0 Å². The van der Waals surface area contributed by atoms with Crippen molar-refractivity contribution < 1.29 is 5.11 Å². The van der Waals surface area contributed by atoms with Crippen molar-refractivity contribution in [3.8, 4) is 11.4 Å². The summed E-state index contributed by atoms with van der Waals surface area (Å²) in [4.78, 5) is 1.61. The number of rotatable bonds is 6. The highest BCUT2D eigenvalue weighted by molar-refractivity contribution is 9.10. The largest absolute Gasteiger partial charge is 0.396 e. The molecule has 5 nitrogen and oxygen atoms in total. The summed E-state index contributed by atoms with van der Waals surface area (Å²) in [5, 5.41) is 21.1. The summed E-state index contributed by atoms with van der Waals surface area (Å²) in [5.74, 6) is 0.643. The second-order valence-corrected chi connectivity index (χ2v) is 4.92. The summed E-state index contributed by atoms with van der Waals surface area (Å²) in [6.07, 6.45) is 2.76. The lowest BCUT2D eigenvalue weighted by Gasteiger charge is -1.97. The predicted molar refractivity (Wildman–Crippen MR) is 71.9 cm³/mol. The molecule has 0 radical (unpaired) electrons. The fourth-order valence-electron chi connectivity index (χ4n) is 1.59. The fraction of sp³-hybridized carbons (Fsp3) is 0.417. The van der Waals surface area contributed by atoms with Crippen LogP contribution in [0.3, 0.4) is 0 Å². The van der Waals surface area contributed by atoms with Gasteiger partial charge >= 0.3 is 0 Å². The van der Waals surface area contributed by atoms with Crippen molar-refractivity contribution in [1.82, 2.24) is 20.2 Å². The van der Waals surface area contributed by atoms with Gasteiger partial charge in [0, 0.05) is 16.6 Å². The third-order valence-corrected chi connectivity index (χ3v) is 3.10. The van der Waals surface area contributed by atoms with Crippen molar-refractivity contribution in [2.24, 2.45) is 0 Å². The zero-order chi connectivity index (χ0) is 12.8. The van der Waals surface area contributed by atoms with Crippen LogP contribution in [0.1, 0.15) is 19.3 Å². The molecule has 0 aliphatic carbocycles. The van der Waals surface area contributed by atoms with Crippen molar-refractivity contribution in [2.45, 2.75) is 25.8 Å². The average Bonchev–Trinajstić information content (AvgIpc) is 2.84. The molecule has 1 aromatic carbocycles. The number of benzene rings is 1. The molecule has 0 bridgehead atoms. The zero-order valence-electron chi connectivity index (χ0n) is 9.96. The van der Waals surface area contributed by atoms with E-state index in [1.165, 1.54) is 0 Å². The average molecular weight is 311 g/mol. The number of hydrogen-bond donors (Lipinski definition) is 1. The third-order valence-electron chi connectivity index (χ3n) is 2.57. The van der Waals surface area contributed by atoms with Gasteiger partial charge in [0.1, 0.15) is 0 Å². The lowest BCUT2D eigenvalue weighted by Crippen LogP contribution is -2.02. The number of unbranched alkanes of at least 4 members (excludes halogenated alkanes) is 2. The fourth-order valence-corrected chi connectivity index (χ4v) is 1.86. The molecular formula is C12H15BrN4O. The van der Waals surface area contributed by atoms with Gasteiger partial charge in [-0.2, -0.15) is 4.80 Å². The van der Waals surface area contributed by atoms with Crippen LogP contribution >= 0.6 is 15.9 Å². The molecule has 0 fully saturated rings. The molecule has 0 saturated heterocycles. The van der Waals surface area contributed by atoms with E-state index in [-0.39, 0.29) is 6.61 Å². The molecule has 1 heterocycles. The summed E-state index contributed by atoms with van der Waals surface area (Å²) in [7, 11) is 0. The van der Waals surface area contributed by atoms with E-state index in [9.17, 15) is 0 Å². The molecule has 6 heteroatoms. The highest BCUT2D eigenvalue weighted by atomic mass is 79.9. The summed E-state index contributed by atoms with van der Waals surface area (Å²) >= 11 is 3.39. The normalized spacial score (nSPS) is 10.8. The van der Waals surface area contributed by atoms with Crippen LogP contribution < -0.4 is 0 Å². The highest BCUT2D eigenvalue weighted by Crippen LogP contribution is 2.17. The molecule has 0 unspecified atom stereocenters. The minimum absolute atomic E-state index is 0.245. The Bertz CT molecular complexity index is 483. The molecule has 2 aromatic rings. The van der Waals surface area contributed by atoms with Crippen LogP contribution in [0.4, 0.5) is 0 Å². The molecule has 96 valence electrons. The maximum absolute atomic E-state index is 8.68. The van der Waals surface area contributed by atoms with E-state index in [1.807, 2.05) is 24.3 Å². The lowest BCUT2D eigenvalue weighted by molar-refractivity contribution is 0.280. The first-order valence-electron chi connectivity index (χ1n) is 5.94. The summed E-state index contributed by atoms with van der Waals surface area (Å²) < 4.78 is 1.03. The first-order valence-corrected chi connectivity index (χ1v) is 6.73. The maximum Gasteiger partial charge on any atom is 0.204 e. The Morgan fingerprint density at radius 1 is 1.11 bits per heavy atom. The van der Waals surface area contributed by atoms with E-state index in [4.69, 9.17) is 5.11 Å². The van der Waals surface area contributed by atoms with Gasteiger partial charge < -0.3 is 5.11 Å². The van der Waals surface area contributed by atoms with Gasteiger partial charge in [0.05, 0.1) is 6.54 Å². The van der Waals surface area contributed by atoms with Crippen molar-refractivity contribution in [3.63, 3.8) is 0 Å². The van der Waals surface area contributed by atoms with E-state index in [2.05, 4.69) is 31.3 Å². The van der Waals surface area contributed by atoms with Crippen LogP contribution in [0.25, 0.3) is 11.4 Å². The van der Waals surface area contributed by atoms with Crippen molar-refractivity contribution >= 4 is 15.9 Å². The number of aryl methyl sites for hydroxylation is 1. The second kappa shape index (κ2) is 6.61. The summed E-state index contributed by atoms with van der Waals surface area (Å²) in [6, 6.07) is 7.82. The molecule has 2 rings (SSSR count). The van der Waals surface area contributed by atoms with Crippen LogP contribution in [0, 0.1) is 0 Å². The summed E-state index contributed by atoms with van der Waals surface area (Å²) in [6.45, 7) is 0.985. The first-order chi connectivity index (χ1) is 8.79. The predicted octanol–water partition coefficient (Wildman–Crippen LogP) is 2.27. The van der Waals surface area contributed by atoms with Crippen LogP contribution in [0.5, 0.6) is 0 Å². The molecule has 1 aromatic heterocycles. The lowest BCUT2D eigenvalue weighted by atomic mass is 10.2. The Hall–Kier alpha value is -1.27. The van der Waals surface area contributed by atoms with Gasteiger partial charge in [-0.15, -0.1) is 10.2 Å². The van der Waals surface area contributed by atoms with Crippen LogP contribution in [-0.4, -0.2) is 31.9 Å². The third kappa shape index (κ3) is 3.61. The Balaban J connectivity index is 1.95. The minimum atomic E-state index is 0.245. The number of hydrogen-bond acceptors (Lipinski definition) is 4. The molecular weight excluding hydrogens is 296 g/mol. The number of aliphatic hydroxyl groups excluding tert-OH is 1. The quantitative estimate of drug-likeness (QED) is 0.831. The molecule has 0 atom stereocenters. The molecule has 0 aliphatic rings. The zero-order valence-corrected chi connectivity index (χ0v) is 11.5. The monoisotopic (exact) mass is 310 g/mol. The topological polar surface area (TPSA) is 63.8 Å². The van der Waals surface area contributed by atoms with E-state index in [0.29, 0.717) is 5.82 Å². The van der Waals surface area contributed by atoms with Gasteiger partial charge in [0.15, 0.2) is 0 Å². The SMILES string of the molecule is OCCCCCn1nnc(-c2ccc(Br)cc2)n1. The van der Waals surface area contributed by atoms with Gasteiger partial charge in [0.2, 0.25) is 5.82 Å². The van der Waals surface area contributed by atoms with Crippen LogP contribution in [0.15, 0.2) is 28.7 Å². The van der Waals surface area contributed by atoms with Gasteiger partial charge in [-0.05, 0) is 48.7 Å². The number of nitrogens with zero attached hydrogens (tertiary/aromatic N) is 4. The molecule has 0 spiro atoms. The molecule has 0 aliphatic heterocycles. The smallest absolute Gasteiger partial charge is 0.204 e. The number of aliphatic hydroxyl groups is 1. The van der Waals surface area contributed by atoms with E-state index in [1.54, 1.807) is 4.80 Å². The summed E-state index contributed by atoms with van der Waals surface area (Å²) in [5.41, 5.74) is 0.958. The Labute approximate surface area is 114 Å². The highest BCUT2D eigenvalue weighted by Gasteiger charge is 2.05. The standard InChI is InChI=1S/C12H15BrN4O/c13-11-6-4-10(5-7-11)12-14-16-17(15-12)8-2-1-3-9-18/h4-7,18H,1-3,8-9H2. The van der Waals surface area contributed by atoms with Gasteiger partial charge in [-0.1, -0.05) is 15.9 Å². The Morgan fingerprint density at radius 3 is 2.61 bits per heavy atom. The number of halogens is 1. The minimum Gasteiger partial charge on any atom is -0.396 e. The first kappa shape index (κ1) is 13.2. The van der Waals surface area contributed by atoms with Gasteiger partial charge in [-0.3, -0.25) is 0 Å². The van der Waals surface area contributed by atoms with Gasteiger partial charge in [-0.25, -0.2) is 0 Å². The Morgan fingerprint density at radius 2 is 1.89 bits per heavy atom. The maximum atomic E-state index is 8.68. The van der Waals surface area contributed by atoms with Crippen molar-refractivity contribution in [2.75, 3.05) is 6.61 Å². The van der Waals surface area contributed by atoms with Crippen LogP contribution in [-0.2, 0) is 6.54 Å². The van der Waals surface area contributed by atoms with Crippen molar-refractivity contribution in [1.29, 1.82) is 0 Å². The second-order valence-electron chi connectivity index (χ2n) is 4.00. The molecule has 0 amide bonds. The van der Waals surface area contributed by atoms with E-state index < -0.39 is 0 Å². The van der Waals surface area contributed by atoms with Gasteiger partial charge in [0.25, 0.3) is 0 Å². The van der Waals surface area contributed by atoms with E-state index >= 15 is 0 Å². The molecule has 1 N–H and O–H groups in total. The molecule has 0 saturated carbocycles. The van der Waals surface area contributed by atoms with E-state index in [0.717, 1.165) is 35.8 Å². The Kier molecular flexibility index (Phi) is 4.83. The number of aromatic nitrogens is 4.